The standard InChI is InChI=1S/C20H26N4O3S/c1-15-19(16(2)23(3)22-15)10-11-20(25)21-14-17-6-8-18(9-7-17)28(26,27)24-12-4-5-13-24/h6-11H,4-5,12-14H2,1-3H3,(H,21,25)/b11-10+. The highest BCUT2D eigenvalue weighted by molar-refractivity contribution is 7.89. The molecule has 8 heteroatoms. The summed E-state index contributed by atoms with van der Waals surface area (Å²) in [5.41, 5.74) is 3.65. The summed E-state index contributed by atoms with van der Waals surface area (Å²) in [4.78, 5) is 12.4. The number of hydrogen-bond acceptors (Lipinski definition) is 4. The topological polar surface area (TPSA) is 84.3 Å². The van der Waals surface area contributed by atoms with Gasteiger partial charge in [0, 0.05) is 44.0 Å². The second-order valence-electron chi connectivity index (χ2n) is 7.01. The maximum absolute atomic E-state index is 12.5. The summed E-state index contributed by atoms with van der Waals surface area (Å²) >= 11 is 0. The van der Waals surface area contributed by atoms with Gasteiger partial charge in [-0.2, -0.15) is 9.40 Å². The van der Waals surface area contributed by atoms with E-state index in [1.54, 1.807) is 35.0 Å². The first kappa shape index (κ1) is 20.3. The van der Waals surface area contributed by atoms with Crippen LogP contribution in [0, 0.1) is 13.8 Å². The van der Waals surface area contributed by atoms with Crippen molar-refractivity contribution in [3.63, 3.8) is 0 Å². The van der Waals surface area contributed by atoms with Crippen LogP contribution in [0.4, 0.5) is 0 Å². The molecule has 3 rings (SSSR count). The van der Waals surface area contributed by atoms with E-state index >= 15 is 0 Å². The van der Waals surface area contributed by atoms with Gasteiger partial charge in [-0.3, -0.25) is 9.48 Å². The van der Waals surface area contributed by atoms with Gasteiger partial charge in [0.2, 0.25) is 15.9 Å². The lowest BCUT2D eigenvalue weighted by molar-refractivity contribution is -0.116. The van der Waals surface area contributed by atoms with Crippen LogP contribution in [0.15, 0.2) is 35.2 Å². The molecular formula is C20H26N4O3S. The molecule has 0 aliphatic carbocycles. The van der Waals surface area contributed by atoms with E-state index in [-0.39, 0.29) is 5.91 Å². The monoisotopic (exact) mass is 402 g/mol. The van der Waals surface area contributed by atoms with E-state index in [1.807, 2.05) is 20.9 Å². The zero-order valence-electron chi connectivity index (χ0n) is 16.5. The molecule has 1 fully saturated rings. The van der Waals surface area contributed by atoms with Crippen LogP contribution >= 0.6 is 0 Å². The Morgan fingerprint density at radius 2 is 1.82 bits per heavy atom. The lowest BCUT2D eigenvalue weighted by Crippen LogP contribution is -2.27. The number of amides is 1. The van der Waals surface area contributed by atoms with Gasteiger partial charge in [-0.05, 0) is 50.5 Å². The number of hydrogen-bond donors (Lipinski definition) is 1. The normalized spacial score (nSPS) is 15.4. The lowest BCUT2D eigenvalue weighted by Gasteiger charge is -2.15. The van der Waals surface area contributed by atoms with E-state index in [9.17, 15) is 13.2 Å². The number of carbonyl (C=O) groups excluding carboxylic acids is 1. The van der Waals surface area contributed by atoms with Gasteiger partial charge in [-0.25, -0.2) is 8.42 Å². The molecule has 0 spiro atoms. The molecule has 1 aromatic carbocycles. The van der Waals surface area contributed by atoms with Crippen molar-refractivity contribution in [2.24, 2.45) is 7.05 Å². The van der Waals surface area contributed by atoms with Crippen molar-refractivity contribution in [3.05, 3.63) is 52.9 Å². The zero-order chi connectivity index (χ0) is 20.3. The van der Waals surface area contributed by atoms with Crippen LogP contribution in [0.2, 0.25) is 0 Å². The number of nitrogens with one attached hydrogen (secondary N) is 1. The number of aromatic nitrogens is 2. The van der Waals surface area contributed by atoms with E-state index in [4.69, 9.17) is 0 Å². The van der Waals surface area contributed by atoms with E-state index in [2.05, 4.69) is 10.4 Å². The van der Waals surface area contributed by atoms with Gasteiger partial charge >= 0.3 is 0 Å². The van der Waals surface area contributed by atoms with E-state index < -0.39 is 10.0 Å². The Morgan fingerprint density at radius 1 is 1.18 bits per heavy atom. The maximum Gasteiger partial charge on any atom is 0.244 e. The SMILES string of the molecule is Cc1nn(C)c(C)c1/C=C/C(=O)NCc1ccc(S(=O)(=O)N2CCCC2)cc1. The second-order valence-corrected chi connectivity index (χ2v) is 8.95. The molecule has 1 saturated heterocycles. The summed E-state index contributed by atoms with van der Waals surface area (Å²) in [5.74, 6) is -0.212. The summed E-state index contributed by atoms with van der Waals surface area (Å²) in [6, 6.07) is 6.69. The van der Waals surface area contributed by atoms with Gasteiger partial charge in [0.05, 0.1) is 10.6 Å². The van der Waals surface area contributed by atoms with Crippen LogP contribution in [-0.4, -0.2) is 41.5 Å². The smallest absolute Gasteiger partial charge is 0.244 e. The molecule has 1 aromatic heterocycles. The molecule has 1 aliphatic rings. The Morgan fingerprint density at radius 3 is 2.39 bits per heavy atom. The third kappa shape index (κ3) is 4.34. The van der Waals surface area contributed by atoms with Crippen molar-refractivity contribution >= 4 is 22.0 Å². The molecule has 0 saturated carbocycles. The fourth-order valence-electron chi connectivity index (χ4n) is 3.30. The van der Waals surface area contributed by atoms with Crippen molar-refractivity contribution < 1.29 is 13.2 Å². The Balaban J connectivity index is 1.59. The van der Waals surface area contributed by atoms with E-state index in [0.29, 0.717) is 24.5 Å². The van der Waals surface area contributed by atoms with Gasteiger partial charge in [0.25, 0.3) is 0 Å². The summed E-state index contributed by atoms with van der Waals surface area (Å²) in [6.07, 6.45) is 5.08. The number of sulfonamides is 1. The summed E-state index contributed by atoms with van der Waals surface area (Å²) in [6.45, 7) is 5.36. The molecule has 28 heavy (non-hydrogen) atoms. The minimum absolute atomic E-state index is 0.212. The average Bonchev–Trinajstić information content (AvgIpc) is 3.29. The van der Waals surface area contributed by atoms with Crippen molar-refractivity contribution in [3.8, 4) is 0 Å². The first-order valence-electron chi connectivity index (χ1n) is 9.34. The molecule has 150 valence electrons. The molecular weight excluding hydrogens is 376 g/mol. The van der Waals surface area contributed by atoms with Gasteiger partial charge < -0.3 is 5.32 Å². The van der Waals surface area contributed by atoms with Crippen LogP contribution in [0.5, 0.6) is 0 Å². The van der Waals surface area contributed by atoms with Crippen LogP contribution in [0.1, 0.15) is 35.4 Å². The average molecular weight is 403 g/mol. The summed E-state index contributed by atoms with van der Waals surface area (Å²) in [7, 11) is -1.54. The van der Waals surface area contributed by atoms with Crippen LogP contribution < -0.4 is 5.32 Å². The van der Waals surface area contributed by atoms with Crippen molar-refractivity contribution in [1.29, 1.82) is 0 Å². The lowest BCUT2D eigenvalue weighted by atomic mass is 10.2. The molecule has 0 atom stereocenters. The first-order valence-corrected chi connectivity index (χ1v) is 10.8. The van der Waals surface area contributed by atoms with Gasteiger partial charge in [0.15, 0.2) is 0 Å². The maximum atomic E-state index is 12.5. The predicted molar refractivity (Wildman–Crippen MR) is 108 cm³/mol. The number of aryl methyl sites for hydroxylation is 2. The molecule has 2 heterocycles. The van der Waals surface area contributed by atoms with Crippen LogP contribution in [0.25, 0.3) is 6.08 Å². The van der Waals surface area contributed by atoms with Gasteiger partial charge in [-0.15, -0.1) is 0 Å². The van der Waals surface area contributed by atoms with Gasteiger partial charge in [-0.1, -0.05) is 12.1 Å². The van der Waals surface area contributed by atoms with Crippen molar-refractivity contribution in [2.75, 3.05) is 13.1 Å². The Kier molecular flexibility index (Phi) is 6.00. The highest BCUT2D eigenvalue weighted by Crippen LogP contribution is 2.21. The molecule has 0 radical (unpaired) electrons. The number of nitrogens with zero attached hydrogens (tertiary/aromatic N) is 3. The Bertz CT molecular complexity index is 985. The third-order valence-electron chi connectivity index (χ3n) is 5.06. The Hall–Kier alpha value is -2.45. The Labute approximate surface area is 166 Å². The molecule has 0 bridgehead atoms. The summed E-state index contributed by atoms with van der Waals surface area (Å²) in [5, 5.41) is 7.14. The molecule has 1 N–H and O–H groups in total. The van der Waals surface area contributed by atoms with Crippen molar-refractivity contribution in [1.82, 2.24) is 19.4 Å². The van der Waals surface area contributed by atoms with E-state index in [1.165, 1.54) is 10.4 Å². The minimum Gasteiger partial charge on any atom is -0.348 e. The largest absolute Gasteiger partial charge is 0.348 e. The van der Waals surface area contributed by atoms with Crippen LogP contribution in [0.3, 0.4) is 0 Å². The zero-order valence-corrected chi connectivity index (χ0v) is 17.3. The second kappa shape index (κ2) is 8.28. The quantitative estimate of drug-likeness (QED) is 0.751. The van der Waals surface area contributed by atoms with E-state index in [0.717, 1.165) is 35.4 Å². The molecule has 1 aliphatic heterocycles. The molecule has 7 nitrogen and oxygen atoms in total. The highest BCUT2D eigenvalue weighted by Gasteiger charge is 2.26. The number of benzene rings is 1. The number of rotatable bonds is 6. The fourth-order valence-corrected chi connectivity index (χ4v) is 4.81. The van der Waals surface area contributed by atoms with Crippen LogP contribution in [-0.2, 0) is 28.4 Å². The molecule has 0 unspecified atom stereocenters. The minimum atomic E-state index is -3.41. The highest BCUT2D eigenvalue weighted by atomic mass is 32.2. The molecule has 1 amide bonds. The fraction of sp³-hybridized carbons (Fsp3) is 0.400. The number of carbonyl (C=O) groups is 1. The molecule has 2 aromatic rings. The first-order chi connectivity index (χ1) is 13.3. The summed E-state index contributed by atoms with van der Waals surface area (Å²) < 4.78 is 28.4. The predicted octanol–water partition coefficient (Wildman–Crippen LogP) is 2.15. The third-order valence-corrected chi connectivity index (χ3v) is 6.97. The van der Waals surface area contributed by atoms with Gasteiger partial charge in [0.1, 0.15) is 0 Å². The van der Waals surface area contributed by atoms with Crippen molar-refractivity contribution in [2.45, 2.75) is 38.1 Å².